The standard InChI is InChI=1S/C22H16F3N3O3S2/c1-11(18(29)26-15-4-2-3-5-16(15)31-21(24)25)33-22-27-19(30)17-14(10-32-20(17)28-22)12-6-8-13(23)9-7-12/h2-11,21H,1H3,(H,26,29)(H,27,28,30). The Morgan fingerprint density at radius 1 is 1.18 bits per heavy atom. The maximum Gasteiger partial charge on any atom is 0.387 e. The number of ether oxygens (including phenoxy) is 1. The quantitative estimate of drug-likeness (QED) is 0.263. The lowest BCUT2D eigenvalue weighted by molar-refractivity contribution is -0.115. The minimum absolute atomic E-state index is 0.106. The Morgan fingerprint density at radius 3 is 2.64 bits per heavy atom. The molecule has 6 nitrogen and oxygen atoms in total. The highest BCUT2D eigenvalue weighted by Gasteiger charge is 2.20. The molecule has 0 fully saturated rings. The molecule has 0 aliphatic rings. The van der Waals surface area contributed by atoms with Crippen molar-refractivity contribution >= 4 is 44.9 Å². The molecule has 2 aromatic carbocycles. The van der Waals surface area contributed by atoms with Gasteiger partial charge in [0, 0.05) is 10.9 Å². The highest BCUT2D eigenvalue weighted by atomic mass is 32.2. The van der Waals surface area contributed by atoms with Gasteiger partial charge in [-0.1, -0.05) is 36.0 Å². The topological polar surface area (TPSA) is 84.1 Å². The van der Waals surface area contributed by atoms with E-state index in [0.717, 1.165) is 11.8 Å². The van der Waals surface area contributed by atoms with E-state index in [9.17, 15) is 22.8 Å². The summed E-state index contributed by atoms with van der Waals surface area (Å²) in [6.45, 7) is -1.43. The summed E-state index contributed by atoms with van der Waals surface area (Å²) in [5.74, 6) is -1.01. The Kier molecular flexibility index (Phi) is 6.70. The van der Waals surface area contributed by atoms with Crippen LogP contribution in [0.4, 0.5) is 18.9 Å². The van der Waals surface area contributed by atoms with Crippen molar-refractivity contribution in [3.05, 3.63) is 70.1 Å². The molecule has 0 saturated carbocycles. The predicted octanol–water partition coefficient (Wildman–Crippen LogP) is 5.51. The second-order valence-electron chi connectivity index (χ2n) is 6.83. The number of alkyl halides is 2. The van der Waals surface area contributed by atoms with Crippen molar-refractivity contribution in [3.8, 4) is 16.9 Å². The third kappa shape index (κ3) is 5.20. The molecule has 0 bridgehead atoms. The maximum absolute atomic E-state index is 13.2. The van der Waals surface area contributed by atoms with Crippen molar-refractivity contribution in [1.29, 1.82) is 0 Å². The van der Waals surface area contributed by atoms with E-state index in [-0.39, 0.29) is 28.0 Å². The fourth-order valence-electron chi connectivity index (χ4n) is 3.05. The van der Waals surface area contributed by atoms with Gasteiger partial charge in [0.15, 0.2) is 5.16 Å². The Balaban J connectivity index is 1.53. The van der Waals surface area contributed by atoms with Gasteiger partial charge in [-0.3, -0.25) is 9.59 Å². The van der Waals surface area contributed by atoms with E-state index >= 15 is 0 Å². The minimum atomic E-state index is -3.03. The summed E-state index contributed by atoms with van der Waals surface area (Å²) in [6, 6.07) is 11.7. The fourth-order valence-corrected chi connectivity index (χ4v) is 4.85. The number of aromatic nitrogens is 2. The van der Waals surface area contributed by atoms with Crippen LogP contribution in [-0.4, -0.2) is 27.7 Å². The lowest BCUT2D eigenvalue weighted by atomic mass is 10.1. The number of thioether (sulfide) groups is 1. The second-order valence-corrected chi connectivity index (χ2v) is 9.02. The molecule has 1 unspecified atom stereocenters. The molecule has 11 heteroatoms. The highest BCUT2D eigenvalue weighted by Crippen LogP contribution is 2.32. The molecule has 2 aromatic heterocycles. The number of halogens is 3. The van der Waals surface area contributed by atoms with Crippen LogP contribution in [0.2, 0.25) is 0 Å². The van der Waals surface area contributed by atoms with Crippen LogP contribution in [0.5, 0.6) is 5.75 Å². The Hall–Kier alpha value is -3.31. The van der Waals surface area contributed by atoms with Crippen molar-refractivity contribution in [1.82, 2.24) is 9.97 Å². The van der Waals surface area contributed by atoms with Crippen molar-refractivity contribution in [2.24, 2.45) is 0 Å². The number of thiophene rings is 1. The van der Waals surface area contributed by atoms with Crippen LogP contribution in [0.15, 0.2) is 63.9 Å². The van der Waals surface area contributed by atoms with E-state index in [1.165, 1.54) is 41.7 Å². The number of anilines is 1. The molecular weight excluding hydrogens is 475 g/mol. The number of para-hydroxylation sites is 2. The molecule has 1 amide bonds. The van der Waals surface area contributed by atoms with Gasteiger partial charge in [0.2, 0.25) is 5.91 Å². The van der Waals surface area contributed by atoms with E-state index in [2.05, 4.69) is 20.0 Å². The molecule has 4 aromatic rings. The van der Waals surface area contributed by atoms with E-state index in [1.807, 2.05) is 0 Å². The lowest BCUT2D eigenvalue weighted by Gasteiger charge is -2.14. The predicted molar refractivity (Wildman–Crippen MR) is 123 cm³/mol. The maximum atomic E-state index is 13.2. The molecule has 0 radical (unpaired) electrons. The first-order valence-electron chi connectivity index (χ1n) is 9.60. The van der Waals surface area contributed by atoms with Gasteiger partial charge in [-0.15, -0.1) is 11.3 Å². The summed E-state index contributed by atoms with van der Waals surface area (Å²) in [5, 5.41) is 4.23. The number of benzene rings is 2. The Bertz CT molecular complexity index is 1360. The summed E-state index contributed by atoms with van der Waals surface area (Å²) in [4.78, 5) is 32.9. The zero-order valence-corrected chi connectivity index (χ0v) is 18.6. The van der Waals surface area contributed by atoms with Crippen molar-refractivity contribution < 1.29 is 22.7 Å². The molecule has 4 rings (SSSR count). The van der Waals surface area contributed by atoms with Gasteiger partial charge in [0.1, 0.15) is 16.4 Å². The van der Waals surface area contributed by atoms with Crippen LogP contribution >= 0.6 is 23.1 Å². The molecule has 33 heavy (non-hydrogen) atoms. The number of carbonyl (C=O) groups is 1. The molecule has 0 aliphatic heterocycles. The second kappa shape index (κ2) is 9.67. The first-order valence-corrected chi connectivity index (χ1v) is 11.4. The van der Waals surface area contributed by atoms with Crippen LogP contribution in [0.3, 0.4) is 0 Å². The number of hydrogen-bond donors (Lipinski definition) is 2. The smallest absolute Gasteiger partial charge is 0.387 e. The zero-order valence-electron chi connectivity index (χ0n) is 17.0. The third-order valence-electron chi connectivity index (χ3n) is 4.60. The largest absolute Gasteiger partial charge is 0.433 e. The summed E-state index contributed by atoms with van der Waals surface area (Å²) in [5.41, 5.74) is 1.05. The van der Waals surface area contributed by atoms with Crippen LogP contribution < -0.4 is 15.6 Å². The van der Waals surface area contributed by atoms with E-state index < -0.39 is 17.8 Å². The Morgan fingerprint density at radius 2 is 1.91 bits per heavy atom. The number of carbonyl (C=O) groups excluding carboxylic acids is 1. The van der Waals surface area contributed by atoms with Gasteiger partial charge in [-0.25, -0.2) is 9.37 Å². The zero-order chi connectivity index (χ0) is 23.5. The molecule has 2 N–H and O–H groups in total. The first kappa shape index (κ1) is 22.9. The lowest BCUT2D eigenvalue weighted by Crippen LogP contribution is -2.23. The number of aromatic amines is 1. The number of nitrogens with one attached hydrogen (secondary N) is 2. The minimum Gasteiger partial charge on any atom is -0.433 e. The van der Waals surface area contributed by atoms with Gasteiger partial charge in [-0.05, 0) is 36.8 Å². The normalized spacial score (nSPS) is 12.2. The van der Waals surface area contributed by atoms with Crippen LogP contribution in [0.1, 0.15) is 6.92 Å². The summed E-state index contributed by atoms with van der Waals surface area (Å²) in [7, 11) is 0. The number of rotatable bonds is 7. The van der Waals surface area contributed by atoms with Crippen molar-refractivity contribution in [3.63, 3.8) is 0 Å². The van der Waals surface area contributed by atoms with E-state index in [4.69, 9.17) is 0 Å². The van der Waals surface area contributed by atoms with Gasteiger partial charge in [0.05, 0.1) is 16.3 Å². The van der Waals surface area contributed by atoms with Gasteiger partial charge in [0.25, 0.3) is 5.56 Å². The summed E-state index contributed by atoms with van der Waals surface area (Å²) in [6.07, 6.45) is 0. The average molecular weight is 492 g/mol. The Labute approximate surface area is 193 Å². The van der Waals surface area contributed by atoms with Gasteiger partial charge < -0.3 is 15.0 Å². The molecule has 0 saturated heterocycles. The van der Waals surface area contributed by atoms with Gasteiger partial charge >= 0.3 is 6.61 Å². The molecule has 2 heterocycles. The molecule has 0 aliphatic carbocycles. The SMILES string of the molecule is CC(Sc1nc2scc(-c3ccc(F)cc3)c2c(=O)[nH]1)C(=O)Nc1ccccc1OC(F)F. The number of nitrogens with zero attached hydrogens (tertiary/aromatic N) is 1. The van der Waals surface area contributed by atoms with Crippen molar-refractivity contribution in [2.75, 3.05) is 5.32 Å². The van der Waals surface area contributed by atoms with Crippen LogP contribution in [-0.2, 0) is 4.79 Å². The fraction of sp³-hybridized carbons (Fsp3) is 0.136. The molecule has 0 spiro atoms. The first-order chi connectivity index (χ1) is 15.8. The monoisotopic (exact) mass is 491 g/mol. The van der Waals surface area contributed by atoms with E-state index in [0.29, 0.717) is 21.3 Å². The van der Waals surface area contributed by atoms with Crippen LogP contribution in [0.25, 0.3) is 21.3 Å². The molecule has 170 valence electrons. The van der Waals surface area contributed by atoms with Crippen LogP contribution in [0, 0.1) is 5.82 Å². The average Bonchev–Trinajstić information content (AvgIpc) is 3.20. The summed E-state index contributed by atoms with van der Waals surface area (Å²) >= 11 is 2.28. The van der Waals surface area contributed by atoms with Gasteiger partial charge in [-0.2, -0.15) is 8.78 Å². The highest BCUT2D eigenvalue weighted by molar-refractivity contribution is 8.00. The van der Waals surface area contributed by atoms with E-state index in [1.54, 1.807) is 30.5 Å². The molecule has 1 atom stereocenters. The number of H-pyrrole nitrogens is 1. The third-order valence-corrected chi connectivity index (χ3v) is 6.45. The number of amides is 1. The summed E-state index contributed by atoms with van der Waals surface area (Å²) < 4.78 is 42.8. The number of fused-ring (bicyclic) bond motifs is 1. The number of hydrogen-bond acceptors (Lipinski definition) is 6. The molecular formula is C22H16F3N3O3S2. The van der Waals surface area contributed by atoms with Crippen molar-refractivity contribution in [2.45, 2.75) is 23.9 Å².